The van der Waals surface area contributed by atoms with Crippen molar-refractivity contribution in [2.75, 3.05) is 13.6 Å². The number of rotatable bonds is 5. The highest BCUT2D eigenvalue weighted by Gasteiger charge is 2.06. The van der Waals surface area contributed by atoms with Gasteiger partial charge < -0.3 is 10.6 Å². The molecule has 0 bridgehead atoms. The SMILES string of the molecule is CCCN(C)Cc1ccccc1C(=N)N. The third kappa shape index (κ3) is 3.36. The van der Waals surface area contributed by atoms with E-state index in [4.69, 9.17) is 11.1 Å². The molecule has 0 heterocycles. The molecule has 0 radical (unpaired) electrons. The van der Waals surface area contributed by atoms with Gasteiger partial charge in [0.25, 0.3) is 0 Å². The second kappa shape index (κ2) is 5.51. The summed E-state index contributed by atoms with van der Waals surface area (Å²) in [5, 5.41) is 7.48. The summed E-state index contributed by atoms with van der Waals surface area (Å²) in [6.45, 7) is 4.07. The molecule has 1 rings (SSSR count). The number of benzene rings is 1. The third-order valence-electron chi connectivity index (χ3n) is 2.35. The monoisotopic (exact) mass is 205 g/mol. The van der Waals surface area contributed by atoms with Gasteiger partial charge >= 0.3 is 0 Å². The van der Waals surface area contributed by atoms with E-state index >= 15 is 0 Å². The van der Waals surface area contributed by atoms with Gasteiger partial charge in [0.15, 0.2) is 0 Å². The fourth-order valence-corrected chi connectivity index (χ4v) is 1.67. The van der Waals surface area contributed by atoms with E-state index in [1.54, 1.807) is 0 Å². The molecule has 1 aromatic carbocycles. The van der Waals surface area contributed by atoms with Gasteiger partial charge in [0.1, 0.15) is 5.84 Å². The molecule has 3 N–H and O–H groups in total. The molecule has 15 heavy (non-hydrogen) atoms. The van der Waals surface area contributed by atoms with Crippen LogP contribution in [0, 0.1) is 5.41 Å². The van der Waals surface area contributed by atoms with Gasteiger partial charge in [0, 0.05) is 12.1 Å². The van der Waals surface area contributed by atoms with Crippen LogP contribution in [-0.4, -0.2) is 24.3 Å². The highest BCUT2D eigenvalue weighted by molar-refractivity contribution is 5.96. The molecule has 0 spiro atoms. The fourth-order valence-electron chi connectivity index (χ4n) is 1.67. The second-order valence-corrected chi connectivity index (χ2v) is 3.81. The molecule has 1 aromatic rings. The molecule has 0 aromatic heterocycles. The first-order valence-corrected chi connectivity index (χ1v) is 5.26. The van der Waals surface area contributed by atoms with Crippen molar-refractivity contribution in [3.63, 3.8) is 0 Å². The summed E-state index contributed by atoms with van der Waals surface area (Å²) in [6, 6.07) is 7.84. The average Bonchev–Trinajstić information content (AvgIpc) is 2.18. The minimum absolute atomic E-state index is 0.149. The van der Waals surface area contributed by atoms with Crippen molar-refractivity contribution >= 4 is 5.84 Å². The highest BCUT2D eigenvalue weighted by atomic mass is 15.1. The average molecular weight is 205 g/mol. The Morgan fingerprint density at radius 1 is 1.40 bits per heavy atom. The number of nitrogens with one attached hydrogen (secondary N) is 1. The number of nitrogen functional groups attached to an aromatic ring is 1. The first-order chi connectivity index (χ1) is 7.15. The summed E-state index contributed by atoms with van der Waals surface area (Å²) >= 11 is 0. The summed E-state index contributed by atoms with van der Waals surface area (Å²) in [7, 11) is 2.08. The van der Waals surface area contributed by atoms with E-state index in [0.29, 0.717) is 0 Å². The molecule has 0 amide bonds. The normalized spacial score (nSPS) is 10.6. The van der Waals surface area contributed by atoms with E-state index < -0.39 is 0 Å². The highest BCUT2D eigenvalue weighted by Crippen LogP contribution is 2.10. The summed E-state index contributed by atoms with van der Waals surface area (Å²) in [6.07, 6.45) is 1.14. The quantitative estimate of drug-likeness (QED) is 0.569. The number of hydrogen-bond donors (Lipinski definition) is 2. The van der Waals surface area contributed by atoms with Gasteiger partial charge in [-0.1, -0.05) is 31.2 Å². The molecule has 0 aliphatic heterocycles. The topological polar surface area (TPSA) is 53.1 Å². The first-order valence-electron chi connectivity index (χ1n) is 5.26. The molecule has 0 saturated heterocycles. The van der Waals surface area contributed by atoms with Crippen molar-refractivity contribution in [1.82, 2.24) is 4.90 Å². The summed E-state index contributed by atoms with van der Waals surface area (Å²) in [5.74, 6) is 0.149. The predicted molar refractivity (Wildman–Crippen MR) is 64.1 cm³/mol. The molecule has 0 fully saturated rings. The summed E-state index contributed by atoms with van der Waals surface area (Å²) in [5.41, 5.74) is 7.50. The Bertz CT molecular complexity index is 333. The molecule has 0 aliphatic carbocycles. The van der Waals surface area contributed by atoms with Crippen LogP contribution in [0.1, 0.15) is 24.5 Å². The van der Waals surface area contributed by atoms with Crippen LogP contribution < -0.4 is 5.73 Å². The molecule has 0 unspecified atom stereocenters. The van der Waals surface area contributed by atoms with Gasteiger partial charge in [0.05, 0.1) is 0 Å². The van der Waals surface area contributed by atoms with Crippen LogP contribution in [0.5, 0.6) is 0 Å². The van der Waals surface area contributed by atoms with Gasteiger partial charge in [0.2, 0.25) is 0 Å². The number of amidine groups is 1. The third-order valence-corrected chi connectivity index (χ3v) is 2.35. The molecule has 3 nitrogen and oxygen atoms in total. The summed E-state index contributed by atoms with van der Waals surface area (Å²) < 4.78 is 0. The molecular formula is C12H19N3. The molecule has 0 atom stereocenters. The number of nitrogens with two attached hydrogens (primary N) is 1. The van der Waals surface area contributed by atoms with E-state index in [-0.39, 0.29) is 5.84 Å². The zero-order valence-electron chi connectivity index (χ0n) is 9.46. The largest absolute Gasteiger partial charge is 0.384 e. The zero-order valence-corrected chi connectivity index (χ0v) is 9.46. The zero-order chi connectivity index (χ0) is 11.3. The lowest BCUT2D eigenvalue weighted by Crippen LogP contribution is -2.21. The first kappa shape index (κ1) is 11.7. The van der Waals surface area contributed by atoms with Crippen molar-refractivity contribution in [3.05, 3.63) is 35.4 Å². The van der Waals surface area contributed by atoms with E-state index in [9.17, 15) is 0 Å². The van der Waals surface area contributed by atoms with E-state index in [1.807, 2.05) is 24.3 Å². The lowest BCUT2D eigenvalue weighted by atomic mass is 10.1. The maximum absolute atomic E-state index is 7.48. The second-order valence-electron chi connectivity index (χ2n) is 3.81. The minimum atomic E-state index is 0.149. The van der Waals surface area contributed by atoms with Crippen LogP contribution in [-0.2, 0) is 6.54 Å². The van der Waals surface area contributed by atoms with Crippen LogP contribution in [0.2, 0.25) is 0 Å². The smallest absolute Gasteiger partial charge is 0.123 e. The van der Waals surface area contributed by atoms with Crippen molar-refractivity contribution in [3.8, 4) is 0 Å². The molecule has 82 valence electrons. The maximum Gasteiger partial charge on any atom is 0.123 e. The standard InChI is InChI=1S/C12H19N3/c1-3-8-15(2)9-10-6-4-5-7-11(10)12(13)14/h4-7H,3,8-9H2,1-2H3,(H3,13,14). The molecule has 3 heteroatoms. The van der Waals surface area contributed by atoms with Crippen molar-refractivity contribution in [2.45, 2.75) is 19.9 Å². The lowest BCUT2D eigenvalue weighted by Gasteiger charge is -2.17. The van der Waals surface area contributed by atoms with Crippen molar-refractivity contribution < 1.29 is 0 Å². The Labute approximate surface area is 91.4 Å². The Morgan fingerprint density at radius 3 is 2.67 bits per heavy atom. The van der Waals surface area contributed by atoms with Gasteiger partial charge in [-0.25, -0.2) is 0 Å². The summed E-state index contributed by atoms with van der Waals surface area (Å²) in [4.78, 5) is 2.24. The minimum Gasteiger partial charge on any atom is -0.384 e. The van der Waals surface area contributed by atoms with Crippen molar-refractivity contribution in [1.29, 1.82) is 5.41 Å². The van der Waals surface area contributed by atoms with Crippen LogP contribution in [0.4, 0.5) is 0 Å². The Balaban J connectivity index is 2.79. The van der Waals surface area contributed by atoms with E-state index in [1.165, 1.54) is 0 Å². The van der Waals surface area contributed by atoms with Gasteiger partial charge in [-0.15, -0.1) is 0 Å². The van der Waals surface area contributed by atoms with Gasteiger partial charge in [-0.2, -0.15) is 0 Å². The van der Waals surface area contributed by atoms with Crippen LogP contribution >= 0.6 is 0 Å². The van der Waals surface area contributed by atoms with Crippen LogP contribution in [0.15, 0.2) is 24.3 Å². The Kier molecular flexibility index (Phi) is 4.31. The Morgan fingerprint density at radius 2 is 2.07 bits per heavy atom. The van der Waals surface area contributed by atoms with Gasteiger partial charge in [-0.05, 0) is 25.6 Å². The van der Waals surface area contributed by atoms with Gasteiger partial charge in [-0.3, -0.25) is 5.41 Å². The number of nitrogens with zero attached hydrogens (tertiary/aromatic N) is 1. The molecule has 0 aliphatic rings. The van der Waals surface area contributed by atoms with E-state index in [2.05, 4.69) is 18.9 Å². The number of hydrogen-bond acceptors (Lipinski definition) is 2. The maximum atomic E-state index is 7.48. The molecule has 0 saturated carbocycles. The van der Waals surface area contributed by atoms with Crippen LogP contribution in [0.3, 0.4) is 0 Å². The fraction of sp³-hybridized carbons (Fsp3) is 0.417. The lowest BCUT2D eigenvalue weighted by molar-refractivity contribution is 0.327. The van der Waals surface area contributed by atoms with Crippen LogP contribution in [0.25, 0.3) is 0 Å². The molecular weight excluding hydrogens is 186 g/mol. The predicted octanol–water partition coefficient (Wildman–Crippen LogP) is 1.81. The van der Waals surface area contributed by atoms with E-state index in [0.717, 1.165) is 30.6 Å². The Hall–Kier alpha value is -1.35. The van der Waals surface area contributed by atoms with Crippen molar-refractivity contribution in [2.24, 2.45) is 5.73 Å².